The van der Waals surface area contributed by atoms with Crippen molar-refractivity contribution in [2.75, 3.05) is 24.9 Å². The number of amides is 2. The summed E-state index contributed by atoms with van der Waals surface area (Å²) in [6.45, 7) is 0. The average Bonchev–Trinajstić information content (AvgIpc) is 2.81. The van der Waals surface area contributed by atoms with Gasteiger partial charge in [-0.3, -0.25) is 9.59 Å². The standard InChI is InChI=1S/C26H36N2O4/c1-31-23-17-13-11-15-21(23)27-25(29)19-9-7-5-3-4-6-8-10-20-26(30)28-22-16-12-14-18-24(22)32-2/h11-18H,3-10,19-20H2,1-2H3,(H,27,29)(H,28,30). The van der Waals surface area contributed by atoms with E-state index < -0.39 is 0 Å². The van der Waals surface area contributed by atoms with Crippen LogP contribution in [0.1, 0.15) is 64.2 Å². The Morgan fingerprint density at radius 2 is 0.938 bits per heavy atom. The van der Waals surface area contributed by atoms with Gasteiger partial charge in [-0.1, -0.05) is 62.8 Å². The molecule has 6 heteroatoms. The van der Waals surface area contributed by atoms with Crippen LogP contribution in [0.4, 0.5) is 11.4 Å². The Bertz CT molecular complexity index is 769. The number of ether oxygens (including phenoxy) is 2. The lowest BCUT2D eigenvalue weighted by atomic mass is 10.1. The zero-order valence-electron chi connectivity index (χ0n) is 19.3. The first-order valence-corrected chi connectivity index (χ1v) is 11.5. The molecule has 0 aliphatic carbocycles. The van der Waals surface area contributed by atoms with E-state index in [4.69, 9.17) is 9.47 Å². The highest BCUT2D eigenvalue weighted by Gasteiger charge is 2.07. The minimum Gasteiger partial charge on any atom is -0.495 e. The van der Waals surface area contributed by atoms with Crippen molar-refractivity contribution < 1.29 is 19.1 Å². The first-order valence-electron chi connectivity index (χ1n) is 11.5. The van der Waals surface area contributed by atoms with Crippen LogP contribution in [0.15, 0.2) is 48.5 Å². The van der Waals surface area contributed by atoms with Crippen molar-refractivity contribution in [1.29, 1.82) is 0 Å². The Morgan fingerprint density at radius 1 is 0.594 bits per heavy atom. The smallest absolute Gasteiger partial charge is 0.224 e. The molecule has 0 spiro atoms. The summed E-state index contributed by atoms with van der Waals surface area (Å²) >= 11 is 0. The number of para-hydroxylation sites is 4. The van der Waals surface area contributed by atoms with Crippen molar-refractivity contribution in [1.82, 2.24) is 0 Å². The number of carbonyl (C=O) groups is 2. The van der Waals surface area contributed by atoms with Gasteiger partial charge in [0.25, 0.3) is 0 Å². The predicted molar refractivity (Wildman–Crippen MR) is 129 cm³/mol. The highest BCUT2D eigenvalue weighted by molar-refractivity contribution is 5.92. The van der Waals surface area contributed by atoms with Gasteiger partial charge in [0.15, 0.2) is 0 Å². The van der Waals surface area contributed by atoms with Crippen LogP contribution in [0.25, 0.3) is 0 Å². The highest BCUT2D eigenvalue weighted by atomic mass is 16.5. The van der Waals surface area contributed by atoms with Gasteiger partial charge in [-0.2, -0.15) is 0 Å². The molecule has 0 fully saturated rings. The molecule has 0 saturated carbocycles. The number of nitrogens with one attached hydrogen (secondary N) is 2. The Labute approximate surface area is 191 Å². The minimum absolute atomic E-state index is 0.0286. The van der Waals surface area contributed by atoms with E-state index in [0.29, 0.717) is 24.3 Å². The lowest BCUT2D eigenvalue weighted by molar-refractivity contribution is -0.117. The molecular weight excluding hydrogens is 404 g/mol. The molecule has 0 heterocycles. The lowest BCUT2D eigenvalue weighted by Crippen LogP contribution is -2.11. The van der Waals surface area contributed by atoms with E-state index in [1.165, 1.54) is 12.8 Å². The van der Waals surface area contributed by atoms with Gasteiger partial charge < -0.3 is 20.1 Å². The van der Waals surface area contributed by atoms with Gasteiger partial charge in [0, 0.05) is 12.8 Å². The van der Waals surface area contributed by atoms with Gasteiger partial charge in [-0.25, -0.2) is 0 Å². The van der Waals surface area contributed by atoms with Crippen molar-refractivity contribution in [3.8, 4) is 11.5 Å². The monoisotopic (exact) mass is 440 g/mol. The molecule has 2 aromatic carbocycles. The quantitative estimate of drug-likeness (QED) is 0.324. The third-order valence-corrected chi connectivity index (χ3v) is 5.32. The molecule has 0 bridgehead atoms. The van der Waals surface area contributed by atoms with Crippen LogP contribution < -0.4 is 20.1 Å². The highest BCUT2D eigenvalue weighted by Crippen LogP contribution is 2.24. The number of methoxy groups -OCH3 is 2. The molecule has 0 unspecified atom stereocenters. The van der Waals surface area contributed by atoms with Crippen molar-refractivity contribution in [3.63, 3.8) is 0 Å². The van der Waals surface area contributed by atoms with Crippen LogP contribution >= 0.6 is 0 Å². The molecular formula is C26H36N2O4. The maximum Gasteiger partial charge on any atom is 0.224 e. The van der Waals surface area contributed by atoms with Crippen LogP contribution in [0, 0.1) is 0 Å². The third kappa shape index (κ3) is 9.41. The first-order chi connectivity index (χ1) is 15.6. The molecule has 2 rings (SSSR count). The van der Waals surface area contributed by atoms with E-state index in [-0.39, 0.29) is 11.8 Å². The summed E-state index contributed by atoms with van der Waals surface area (Å²) in [7, 11) is 3.20. The summed E-state index contributed by atoms with van der Waals surface area (Å²) in [6, 6.07) is 14.9. The molecule has 6 nitrogen and oxygen atoms in total. The van der Waals surface area contributed by atoms with E-state index in [9.17, 15) is 9.59 Å². The molecule has 0 saturated heterocycles. The summed E-state index contributed by atoms with van der Waals surface area (Å²) in [6.07, 6.45) is 9.56. The molecule has 0 aliphatic rings. The SMILES string of the molecule is COc1ccccc1NC(=O)CCCCCCCCCCC(=O)Nc1ccccc1OC. The lowest BCUT2D eigenvalue weighted by Gasteiger charge is -2.10. The van der Waals surface area contributed by atoms with Gasteiger partial charge in [0.2, 0.25) is 11.8 Å². The normalized spacial score (nSPS) is 10.4. The van der Waals surface area contributed by atoms with Crippen molar-refractivity contribution in [2.45, 2.75) is 64.2 Å². The molecule has 2 amide bonds. The third-order valence-electron chi connectivity index (χ3n) is 5.32. The second kappa shape index (κ2) is 14.9. The summed E-state index contributed by atoms with van der Waals surface area (Å²) in [5.41, 5.74) is 1.44. The number of carbonyl (C=O) groups excluding carboxylic acids is 2. The number of anilines is 2. The maximum atomic E-state index is 12.1. The summed E-state index contributed by atoms with van der Waals surface area (Å²) in [5, 5.41) is 5.83. The van der Waals surface area contributed by atoms with Gasteiger partial charge >= 0.3 is 0 Å². The van der Waals surface area contributed by atoms with Crippen LogP contribution in [0.2, 0.25) is 0 Å². The van der Waals surface area contributed by atoms with Gasteiger partial charge in [0.1, 0.15) is 11.5 Å². The fourth-order valence-electron chi connectivity index (χ4n) is 3.55. The van der Waals surface area contributed by atoms with Crippen molar-refractivity contribution in [3.05, 3.63) is 48.5 Å². The van der Waals surface area contributed by atoms with Crippen LogP contribution in [-0.4, -0.2) is 26.0 Å². The first kappa shape index (κ1) is 25.2. The maximum absolute atomic E-state index is 12.1. The second-order valence-corrected chi connectivity index (χ2v) is 7.83. The van der Waals surface area contributed by atoms with Crippen molar-refractivity contribution >= 4 is 23.2 Å². The van der Waals surface area contributed by atoms with Crippen LogP contribution in [-0.2, 0) is 9.59 Å². The molecule has 2 N–H and O–H groups in total. The topological polar surface area (TPSA) is 76.7 Å². The number of benzene rings is 2. The van der Waals surface area contributed by atoms with E-state index >= 15 is 0 Å². The molecule has 0 atom stereocenters. The van der Waals surface area contributed by atoms with Gasteiger partial charge in [-0.05, 0) is 37.1 Å². The van der Waals surface area contributed by atoms with Gasteiger partial charge in [0.05, 0.1) is 25.6 Å². The van der Waals surface area contributed by atoms with E-state index in [0.717, 1.165) is 49.9 Å². The Morgan fingerprint density at radius 3 is 1.31 bits per heavy atom. The predicted octanol–water partition coefficient (Wildman–Crippen LogP) is 6.18. The number of rotatable bonds is 15. The molecule has 174 valence electrons. The van der Waals surface area contributed by atoms with Crippen LogP contribution in [0.5, 0.6) is 11.5 Å². The molecule has 0 radical (unpaired) electrons. The number of hydrogen-bond donors (Lipinski definition) is 2. The van der Waals surface area contributed by atoms with E-state index in [2.05, 4.69) is 10.6 Å². The van der Waals surface area contributed by atoms with E-state index in [1.807, 2.05) is 48.5 Å². The Balaban J connectivity index is 1.45. The number of unbranched alkanes of at least 4 members (excludes halogenated alkanes) is 7. The summed E-state index contributed by atoms with van der Waals surface area (Å²) in [5.74, 6) is 1.41. The molecule has 0 aromatic heterocycles. The number of hydrogen-bond acceptors (Lipinski definition) is 4. The fraction of sp³-hybridized carbons (Fsp3) is 0.462. The summed E-state index contributed by atoms with van der Waals surface area (Å²) < 4.78 is 10.5. The van der Waals surface area contributed by atoms with Crippen LogP contribution in [0.3, 0.4) is 0 Å². The van der Waals surface area contributed by atoms with Gasteiger partial charge in [-0.15, -0.1) is 0 Å². The average molecular weight is 441 g/mol. The summed E-state index contributed by atoms with van der Waals surface area (Å²) in [4.78, 5) is 24.2. The second-order valence-electron chi connectivity index (χ2n) is 7.83. The Hall–Kier alpha value is -3.02. The zero-order valence-corrected chi connectivity index (χ0v) is 19.3. The molecule has 0 aliphatic heterocycles. The molecule has 32 heavy (non-hydrogen) atoms. The largest absolute Gasteiger partial charge is 0.495 e. The molecule has 2 aromatic rings. The van der Waals surface area contributed by atoms with E-state index in [1.54, 1.807) is 14.2 Å². The Kier molecular flexibility index (Phi) is 11.7. The zero-order chi connectivity index (χ0) is 23.0. The minimum atomic E-state index is 0.0286. The van der Waals surface area contributed by atoms with Crippen molar-refractivity contribution in [2.24, 2.45) is 0 Å². The fourth-order valence-corrected chi connectivity index (χ4v) is 3.55.